The van der Waals surface area contributed by atoms with Crippen LogP contribution in [0.4, 0.5) is 0 Å². The van der Waals surface area contributed by atoms with E-state index in [0.29, 0.717) is 5.69 Å². The molecule has 0 aliphatic rings. The highest BCUT2D eigenvalue weighted by Gasteiger charge is 1.99. The summed E-state index contributed by atoms with van der Waals surface area (Å²) in [5.74, 6) is 0. The third-order valence-electron chi connectivity index (χ3n) is 3.73. The molecule has 6 heteroatoms. The van der Waals surface area contributed by atoms with E-state index in [1.165, 1.54) is 11.3 Å². The van der Waals surface area contributed by atoms with E-state index in [1.54, 1.807) is 12.2 Å². The van der Waals surface area contributed by atoms with E-state index < -0.39 is 0 Å². The molecule has 0 aliphatic heterocycles. The van der Waals surface area contributed by atoms with Crippen molar-refractivity contribution >= 4 is 34.4 Å². The Morgan fingerprint density at radius 1 is 0.840 bits per heavy atom. The lowest BCUT2D eigenvalue weighted by molar-refractivity contribution is 1.00. The maximum absolute atomic E-state index is 12.3. The number of hydrogen-bond acceptors (Lipinski definition) is 4. The molecule has 0 saturated carbocycles. The maximum Gasteiger partial charge on any atom is 0.272 e. The van der Waals surface area contributed by atoms with Gasteiger partial charge in [0.05, 0.1) is 11.2 Å². The zero-order valence-electron chi connectivity index (χ0n) is 13.0. The van der Waals surface area contributed by atoms with Crippen LogP contribution in [0.3, 0.4) is 0 Å². The molecule has 25 heavy (non-hydrogen) atoms. The van der Waals surface area contributed by atoms with Crippen LogP contribution in [0.1, 0.15) is 10.6 Å². The average molecular weight is 347 g/mol. The largest absolute Gasteiger partial charge is 0.316 e. The molecular weight excluding hydrogens is 334 g/mol. The normalized spacial score (nSPS) is 12.8. The second kappa shape index (κ2) is 6.33. The minimum absolute atomic E-state index is 0.177. The Morgan fingerprint density at radius 2 is 1.60 bits per heavy atom. The lowest BCUT2D eigenvalue weighted by Crippen LogP contribution is -2.46. The quantitative estimate of drug-likeness (QED) is 0.574. The molecule has 0 amide bonds. The van der Waals surface area contributed by atoms with Crippen molar-refractivity contribution < 1.29 is 0 Å². The number of aromatic nitrogens is 3. The number of fused-ring (bicyclic) bond motifs is 1. The molecule has 0 aliphatic carbocycles. The standard InChI is InChI=1S/C19H13N3O2S/c23-18-16(10-13-8-7-12-4-1-2-6-15(12)20-13)21-19(24)17(22-18)11-14-5-3-9-25-14/h1-11H,(H,21,24)(H,22,23)/b16-10-,17-11+. The van der Waals surface area contributed by atoms with Crippen molar-refractivity contribution in [2.75, 3.05) is 0 Å². The number of H-pyrrole nitrogens is 2. The molecule has 3 aromatic heterocycles. The smallest absolute Gasteiger partial charge is 0.272 e. The van der Waals surface area contributed by atoms with Crippen LogP contribution >= 0.6 is 11.3 Å². The van der Waals surface area contributed by atoms with Gasteiger partial charge < -0.3 is 9.97 Å². The number of benzene rings is 1. The van der Waals surface area contributed by atoms with Crippen LogP contribution in [-0.4, -0.2) is 15.0 Å². The van der Waals surface area contributed by atoms with E-state index >= 15 is 0 Å². The Hall–Kier alpha value is -3.25. The number of hydrogen-bond donors (Lipinski definition) is 2. The molecule has 0 fully saturated rings. The van der Waals surface area contributed by atoms with Gasteiger partial charge >= 0.3 is 0 Å². The molecule has 0 saturated heterocycles. The summed E-state index contributed by atoms with van der Waals surface area (Å²) in [6.45, 7) is 0. The van der Waals surface area contributed by atoms with Crippen LogP contribution in [0.2, 0.25) is 0 Å². The first-order valence-electron chi connectivity index (χ1n) is 7.64. The highest BCUT2D eigenvalue weighted by Crippen LogP contribution is 2.11. The van der Waals surface area contributed by atoms with E-state index in [1.807, 2.05) is 53.9 Å². The third kappa shape index (κ3) is 3.20. The highest BCUT2D eigenvalue weighted by molar-refractivity contribution is 7.10. The number of rotatable bonds is 2. The van der Waals surface area contributed by atoms with Gasteiger partial charge in [-0.2, -0.15) is 0 Å². The van der Waals surface area contributed by atoms with Crippen molar-refractivity contribution in [3.8, 4) is 0 Å². The lowest BCUT2D eigenvalue weighted by Gasteiger charge is -1.98. The van der Waals surface area contributed by atoms with Crippen LogP contribution in [0, 0.1) is 0 Å². The first-order chi connectivity index (χ1) is 12.2. The van der Waals surface area contributed by atoms with Crippen LogP contribution < -0.4 is 21.8 Å². The summed E-state index contributed by atoms with van der Waals surface area (Å²) in [6, 6.07) is 15.2. The second-order valence-electron chi connectivity index (χ2n) is 5.47. The minimum Gasteiger partial charge on any atom is -0.316 e. The number of para-hydroxylation sites is 1. The zero-order valence-corrected chi connectivity index (χ0v) is 13.8. The molecule has 3 heterocycles. The van der Waals surface area contributed by atoms with Crippen LogP contribution in [0.25, 0.3) is 23.1 Å². The van der Waals surface area contributed by atoms with Crippen molar-refractivity contribution in [3.63, 3.8) is 0 Å². The second-order valence-corrected chi connectivity index (χ2v) is 6.45. The number of thiophene rings is 1. The fourth-order valence-electron chi connectivity index (χ4n) is 2.52. The van der Waals surface area contributed by atoms with Gasteiger partial charge in [-0.15, -0.1) is 11.3 Å². The van der Waals surface area contributed by atoms with Gasteiger partial charge in [0, 0.05) is 10.3 Å². The summed E-state index contributed by atoms with van der Waals surface area (Å²) in [5.41, 5.74) is 0.727. The Bertz CT molecular complexity index is 1280. The van der Waals surface area contributed by atoms with Gasteiger partial charge in [0.2, 0.25) is 0 Å². The van der Waals surface area contributed by atoms with Crippen molar-refractivity contribution in [2.45, 2.75) is 0 Å². The fraction of sp³-hybridized carbons (Fsp3) is 0. The number of aromatic amines is 2. The van der Waals surface area contributed by atoms with E-state index in [4.69, 9.17) is 0 Å². The van der Waals surface area contributed by atoms with Gasteiger partial charge in [-0.3, -0.25) is 9.59 Å². The highest BCUT2D eigenvalue weighted by atomic mass is 32.1. The number of nitrogens with zero attached hydrogens (tertiary/aromatic N) is 1. The topological polar surface area (TPSA) is 78.6 Å². The Morgan fingerprint density at radius 3 is 2.36 bits per heavy atom. The van der Waals surface area contributed by atoms with Gasteiger partial charge in [-0.25, -0.2) is 4.98 Å². The Kier molecular flexibility index (Phi) is 3.87. The monoisotopic (exact) mass is 347 g/mol. The predicted octanol–water partition coefficient (Wildman–Crippen LogP) is 1.33. The molecule has 1 aromatic carbocycles. The summed E-state index contributed by atoms with van der Waals surface area (Å²) in [4.78, 5) is 35.2. The molecule has 0 radical (unpaired) electrons. The lowest BCUT2D eigenvalue weighted by atomic mass is 10.2. The maximum atomic E-state index is 12.3. The molecule has 0 atom stereocenters. The van der Waals surface area contributed by atoms with Crippen LogP contribution in [-0.2, 0) is 0 Å². The fourth-order valence-corrected chi connectivity index (χ4v) is 3.18. The van der Waals surface area contributed by atoms with Crippen LogP contribution in [0.5, 0.6) is 0 Å². The van der Waals surface area contributed by atoms with Gasteiger partial charge in [-0.1, -0.05) is 30.3 Å². The first kappa shape index (κ1) is 15.3. The summed E-state index contributed by atoms with van der Waals surface area (Å²) in [7, 11) is 0. The Balaban J connectivity index is 1.85. The van der Waals surface area contributed by atoms with E-state index in [-0.39, 0.29) is 21.8 Å². The number of nitrogens with one attached hydrogen (secondary N) is 2. The van der Waals surface area contributed by atoms with Crippen LogP contribution in [0.15, 0.2) is 63.5 Å². The SMILES string of the molecule is O=c1[nH]/c(=C/c2cccs2)c(=O)[nH]/c1=C\c1ccc2ccccc2n1. The molecule has 2 N–H and O–H groups in total. The summed E-state index contributed by atoms with van der Waals surface area (Å²) >= 11 is 1.49. The molecule has 5 nitrogen and oxygen atoms in total. The summed E-state index contributed by atoms with van der Waals surface area (Å²) in [6.07, 6.45) is 3.23. The van der Waals surface area contributed by atoms with Crippen molar-refractivity contribution in [2.24, 2.45) is 0 Å². The molecule has 0 spiro atoms. The third-order valence-corrected chi connectivity index (χ3v) is 4.55. The molecular formula is C19H13N3O2S. The van der Waals surface area contributed by atoms with E-state index in [2.05, 4.69) is 15.0 Å². The van der Waals surface area contributed by atoms with E-state index in [9.17, 15) is 9.59 Å². The van der Waals surface area contributed by atoms with Crippen molar-refractivity contribution in [1.29, 1.82) is 0 Å². The molecule has 0 unspecified atom stereocenters. The van der Waals surface area contributed by atoms with Gasteiger partial charge in [0.1, 0.15) is 10.7 Å². The summed E-state index contributed by atoms with van der Waals surface area (Å²) in [5, 5.41) is 3.33. The molecule has 122 valence electrons. The van der Waals surface area contributed by atoms with Crippen molar-refractivity contribution in [1.82, 2.24) is 15.0 Å². The van der Waals surface area contributed by atoms with E-state index in [0.717, 1.165) is 15.8 Å². The van der Waals surface area contributed by atoms with Gasteiger partial charge in [0.25, 0.3) is 11.1 Å². The zero-order chi connectivity index (χ0) is 17.2. The number of pyridine rings is 1. The molecule has 0 bridgehead atoms. The summed E-state index contributed by atoms with van der Waals surface area (Å²) < 4.78 is 0. The molecule has 4 rings (SSSR count). The average Bonchev–Trinajstić information content (AvgIpc) is 3.12. The first-order valence-corrected chi connectivity index (χ1v) is 8.52. The van der Waals surface area contributed by atoms with Gasteiger partial charge in [-0.05, 0) is 35.7 Å². The van der Waals surface area contributed by atoms with Gasteiger partial charge in [0.15, 0.2) is 0 Å². The minimum atomic E-state index is -0.364. The predicted molar refractivity (Wildman–Crippen MR) is 100 cm³/mol. The Labute approximate surface area is 145 Å². The molecule has 4 aromatic rings. The van der Waals surface area contributed by atoms with Crippen molar-refractivity contribution in [3.05, 3.63) is 95.9 Å².